The van der Waals surface area contributed by atoms with E-state index in [1.54, 1.807) is 0 Å². The predicted molar refractivity (Wildman–Crippen MR) is 121 cm³/mol. The smallest absolute Gasteiger partial charge is 0.234 e. The Balaban J connectivity index is 1.38. The van der Waals surface area contributed by atoms with E-state index in [-0.39, 0.29) is 11.9 Å². The van der Waals surface area contributed by atoms with Gasteiger partial charge in [0.05, 0.1) is 12.6 Å². The predicted octanol–water partition coefficient (Wildman–Crippen LogP) is 3.99. The highest BCUT2D eigenvalue weighted by molar-refractivity contribution is 5.78. The summed E-state index contributed by atoms with van der Waals surface area (Å²) in [5.41, 5.74) is 3.39. The highest BCUT2D eigenvalue weighted by atomic mass is 16.6. The molecule has 0 aliphatic carbocycles. The van der Waals surface area contributed by atoms with Crippen LogP contribution in [0.4, 0.5) is 0 Å². The number of rotatable bonds is 8. The third-order valence-corrected chi connectivity index (χ3v) is 5.29. The number of hydrogen-bond donors (Lipinski definition) is 1. The number of carbonyl (C=O) groups excluding carboxylic acids is 1. The first-order valence-corrected chi connectivity index (χ1v) is 10.6. The number of ether oxygens (including phenoxy) is 2. The van der Waals surface area contributed by atoms with Crippen molar-refractivity contribution in [1.29, 1.82) is 0 Å². The lowest BCUT2D eigenvalue weighted by atomic mass is 9.99. The number of likely N-dealkylation sites (N-methyl/N-ethyl adjacent to an activating group) is 1. The van der Waals surface area contributed by atoms with Crippen molar-refractivity contribution in [3.05, 3.63) is 95.6 Å². The van der Waals surface area contributed by atoms with Gasteiger partial charge in [-0.05, 0) is 42.3 Å². The van der Waals surface area contributed by atoms with Gasteiger partial charge in [-0.1, -0.05) is 66.7 Å². The van der Waals surface area contributed by atoms with E-state index in [4.69, 9.17) is 9.47 Å². The van der Waals surface area contributed by atoms with Crippen LogP contribution in [0.15, 0.2) is 78.9 Å². The minimum atomic E-state index is -0.0706. The fourth-order valence-corrected chi connectivity index (χ4v) is 3.83. The van der Waals surface area contributed by atoms with Crippen LogP contribution in [0.1, 0.15) is 22.7 Å². The highest BCUT2D eigenvalue weighted by Crippen LogP contribution is 2.31. The van der Waals surface area contributed by atoms with Gasteiger partial charge in [0.2, 0.25) is 5.91 Å². The lowest BCUT2D eigenvalue weighted by Gasteiger charge is -2.23. The number of nitrogens with one attached hydrogen (secondary N) is 1. The number of hydrogen-bond acceptors (Lipinski definition) is 4. The molecule has 1 heterocycles. The molecule has 160 valence electrons. The number of nitrogens with zero attached hydrogens (tertiary/aromatic N) is 1. The molecule has 0 fully saturated rings. The van der Waals surface area contributed by atoms with Gasteiger partial charge in [-0.3, -0.25) is 9.69 Å². The summed E-state index contributed by atoms with van der Waals surface area (Å²) in [7, 11) is 1.95. The van der Waals surface area contributed by atoms with Crippen molar-refractivity contribution in [2.24, 2.45) is 0 Å². The molecule has 5 nitrogen and oxygen atoms in total. The fourth-order valence-electron chi connectivity index (χ4n) is 3.83. The van der Waals surface area contributed by atoms with Crippen molar-refractivity contribution in [2.45, 2.75) is 19.0 Å². The molecule has 0 aromatic heterocycles. The minimum Gasteiger partial charge on any atom is -0.486 e. The molecule has 3 aromatic rings. The summed E-state index contributed by atoms with van der Waals surface area (Å²) in [6, 6.07) is 26.3. The zero-order valence-electron chi connectivity index (χ0n) is 17.8. The standard InChI is InChI=1S/C26H28N2O3/c1-28(18-21-12-13-24-25(17-21)31-15-14-30-24)19-26(29)27-23(22-10-6-3-7-11-22)16-20-8-4-2-5-9-20/h2-13,17,23H,14-16,18-19H2,1H3,(H,27,29). The summed E-state index contributed by atoms with van der Waals surface area (Å²) < 4.78 is 11.2. The largest absolute Gasteiger partial charge is 0.486 e. The Morgan fingerprint density at radius 1 is 0.903 bits per heavy atom. The second-order valence-corrected chi connectivity index (χ2v) is 7.87. The highest BCUT2D eigenvalue weighted by Gasteiger charge is 2.17. The fraction of sp³-hybridized carbons (Fsp3) is 0.269. The van der Waals surface area contributed by atoms with Crippen LogP contribution in [0, 0.1) is 0 Å². The van der Waals surface area contributed by atoms with Crippen molar-refractivity contribution in [1.82, 2.24) is 10.2 Å². The van der Waals surface area contributed by atoms with Crippen LogP contribution in [-0.2, 0) is 17.8 Å². The van der Waals surface area contributed by atoms with Crippen molar-refractivity contribution < 1.29 is 14.3 Å². The second kappa shape index (κ2) is 10.1. The quantitative estimate of drug-likeness (QED) is 0.603. The lowest BCUT2D eigenvalue weighted by Crippen LogP contribution is -2.37. The molecule has 3 aromatic carbocycles. The third-order valence-electron chi connectivity index (χ3n) is 5.29. The molecule has 1 aliphatic rings. The summed E-state index contributed by atoms with van der Waals surface area (Å²) in [6.07, 6.45) is 0.752. The summed E-state index contributed by atoms with van der Waals surface area (Å²) in [6.45, 7) is 2.11. The van der Waals surface area contributed by atoms with Crippen molar-refractivity contribution in [2.75, 3.05) is 26.8 Å². The normalized spacial score (nSPS) is 13.6. The van der Waals surface area contributed by atoms with Gasteiger partial charge in [-0.15, -0.1) is 0 Å². The van der Waals surface area contributed by atoms with Gasteiger partial charge < -0.3 is 14.8 Å². The first-order valence-electron chi connectivity index (χ1n) is 10.6. The van der Waals surface area contributed by atoms with E-state index >= 15 is 0 Å². The topological polar surface area (TPSA) is 50.8 Å². The van der Waals surface area contributed by atoms with Crippen LogP contribution < -0.4 is 14.8 Å². The van der Waals surface area contributed by atoms with E-state index in [1.807, 2.05) is 66.5 Å². The Hall–Kier alpha value is -3.31. The van der Waals surface area contributed by atoms with Gasteiger partial charge in [0, 0.05) is 6.54 Å². The Labute approximate surface area is 183 Å². The second-order valence-electron chi connectivity index (χ2n) is 7.87. The molecule has 0 saturated carbocycles. The SMILES string of the molecule is CN(CC(=O)NC(Cc1ccccc1)c1ccccc1)Cc1ccc2c(c1)OCCO2. The van der Waals surface area contributed by atoms with Gasteiger partial charge in [0.25, 0.3) is 0 Å². The maximum Gasteiger partial charge on any atom is 0.234 e. The van der Waals surface area contributed by atoms with Gasteiger partial charge in [0.1, 0.15) is 13.2 Å². The van der Waals surface area contributed by atoms with E-state index in [9.17, 15) is 4.79 Å². The lowest BCUT2D eigenvalue weighted by molar-refractivity contribution is -0.122. The molecule has 5 heteroatoms. The number of benzene rings is 3. The molecule has 1 N–H and O–H groups in total. The molecule has 1 atom stereocenters. The molecular formula is C26H28N2O3. The molecule has 1 amide bonds. The summed E-state index contributed by atoms with van der Waals surface area (Å²) >= 11 is 0. The maximum absolute atomic E-state index is 12.9. The van der Waals surface area contributed by atoms with E-state index in [2.05, 4.69) is 29.6 Å². The molecule has 0 spiro atoms. The molecule has 0 bridgehead atoms. The molecule has 4 rings (SSSR count). The van der Waals surface area contributed by atoms with Gasteiger partial charge >= 0.3 is 0 Å². The average Bonchev–Trinajstić information content (AvgIpc) is 2.79. The van der Waals surface area contributed by atoms with Gasteiger partial charge in [-0.2, -0.15) is 0 Å². The van der Waals surface area contributed by atoms with E-state index < -0.39 is 0 Å². The van der Waals surface area contributed by atoms with Crippen LogP contribution in [0.5, 0.6) is 11.5 Å². The molecule has 1 aliphatic heterocycles. The van der Waals surface area contributed by atoms with E-state index in [0.717, 1.165) is 29.0 Å². The Morgan fingerprint density at radius 3 is 2.32 bits per heavy atom. The van der Waals surface area contributed by atoms with Gasteiger partial charge in [-0.25, -0.2) is 0 Å². The maximum atomic E-state index is 12.9. The Morgan fingerprint density at radius 2 is 1.58 bits per heavy atom. The first-order chi connectivity index (χ1) is 15.2. The summed E-state index contributed by atoms with van der Waals surface area (Å²) in [4.78, 5) is 14.9. The molecule has 1 unspecified atom stereocenters. The number of amides is 1. The molecule has 0 radical (unpaired) electrons. The van der Waals surface area contributed by atoms with E-state index in [1.165, 1.54) is 5.56 Å². The monoisotopic (exact) mass is 416 g/mol. The van der Waals surface area contributed by atoms with Crippen molar-refractivity contribution >= 4 is 5.91 Å². The van der Waals surface area contributed by atoms with Crippen LogP contribution in [0.25, 0.3) is 0 Å². The number of carbonyl (C=O) groups is 1. The van der Waals surface area contributed by atoms with Crippen LogP contribution in [0.3, 0.4) is 0 Å². The zero-order valence-corrected chi connectivity index (χ0v) is 17.8. The first kappa shape index (κ1) is 20.9. The summed E-state index contributed by atoms with van der Waals surface area (Å²) in [5.74, 6) is 1.56. The molecule has 31 heavy (non-hydrogen) atoms. The van der Waals surface area contributed by atoms with Crippen molar-refractivity contribution in [3.63, 3.8) is 0 Å². The number of fused-ring (bicyclic) bond motifs is 1. The average molecular weight is 417 g/mol. The Kier molecular flexibility index (Phi) is 6.85. The summed E-state index contributed by atoms with van der Waals surface area (Å²) in [5, 5.41) is 3.22. The van der Waals surface area contributed by atoms with Crippen molar-refractivity contribution in [3.8, 4) is 11.5 Å². The minimum absolute atomic E-state index is 0.00447. The van der Waals surface area contributed by atoms with Crippen LogP contribution >= 0.6 is 0 Å². The zero-order chi connectivity index (χ0) is 21.5. The van der Waals surface area contributed by atoms with Crippen LogP contribution in [-0.4, -0.2) is 37.6 Å². The molecule has 0 saturated heterocycles. The van der Waals surface area contributed by atoms with Crippen LogP contribution in [0.2, 0.25) is 0 Å². The third kappa shape index (κ3) is 5.86. The molecular weight excluding hydrogens is 388 g/mol. The van der Waals surface area contributed by atoms with E-state index in [0.29, 0.717) is 26.3 Å². The van der Waals surface area contributed by atoms with Gasteiger partial charge in [0.15, 0.2) is 11.5 Å². The Bertz CT molecular complexity index is 992.